The molecule has 3 aromatic carbocycles. The van der Waals surface area contributed by atoms with E-state index in [0.29, 0.717) is 23.1 Å². The molecule has 6 nitrogen and oxygen atoms in total. The average molecular weight is 519 g/mol. The van der Waals surface area contributed by atoms with Gasteiger partial charge in [-0.2, -0.15) is 0 Å². The zero-order chi connectivity index (χ0) is 24.8. The number of halogens is 1. The first-order chi connectivity index (χ1) is 17.5. The van der Waals surface area contributed by atoms with Crippen LogP contribution in [-0.4, -0.2) is 22.0 Å². The third kappa shape index (κ3) is 3.94. The first-order valence-corrected chi connectivity index (χ1v) is 13.0. The van der Waals surface area contributed by atoms with Crippen molar-refractivity contribution >= 4 is 40.6 Å². The minimum atomic E-state index is -0.695. The van der Waals surface area contributed by atoms with Crippen LogP contribution in [0.5, 0.6) is 5.75 Å². The van der Waals surface area contributed by atoms with Gasteiger partial charge in [-0.1, -0.05) is 65.6 Å². The number of H-pyrrole nitrogens is 1. The van der Waals surface area contributed by atoms with Gasteiger partial charge in [0.2, 0.25) is 11.8 Å². The molecule has 3 atom stereocenters. The SMILES string of the molecule is O=C1C2Sc3[nH]c(=O)sc3C(c3ccc(OCc4ccccc4)cc3)C2C(=O)N1c1ccc(F)cc1. The fourth-order valence-corrected chi connectivity index (χ4v) is 7.25. The first-order valence-electron chi connectivity index (χ1n) is 11.3. The summed E-state index contributed by atoms with van der Waals surface area (Å²) in [5.74, 6) is -1.66. The molecule has 9 heteroatoms. The summed E-state index contributed by atoms with van der Waals surface area (Å²) in [7, 11) is 0. The maximum absolute atomic E-state index is 13.7. The summed E-state index contributed by atoms with van der Waals surface area (Å²) in [6.45, 7) is 0.425. The number of thioether (sulfide) groups is 1. The maximum atomic E-state index is 13.7. The van der Waals surface area contributed by atoms with Crippen LogP contribution in [0.2, 0.25) is 0 Å². The second kappa shape index (κ2) is 9.07. The van der Waals surface area contributed by atoms with Gasteiger partial charge in [0.05, 0.1) is 16.6 Å². The highest BCUT2D eigenvalue weighted by molar-refractivity contribution is 8.00. The number of rotatable bonds is 5. The van der Waals surface area contributed by atoms with E-state index in [1.807, 2.05) is 54.6 Å². The predicted octanol–water partition coefficient (Wildman–Crippen LogP) is 4.95. The van der Waals surface area contributed by atoms with Crippen molar-refractivity contribution in [1.82, 2.24) is 4.98 Å². The van der Waals surface area contributed by atoms with Crippen LogP contribution in [0.25, 0.3) is 0 Å². The Balaban J connectivity index is 1.34. The van der Waals surface area contributed by atoms with Crippen molar-refractivity contribution in [1.29, 1.82) is 0 Å². The molecule has 0 radical (unpaired) electrons. The molecule has 36 heavy (non-hydrogen) atoms. The maximum Gasteiger partial charge on any atom is 0.305 e. The van der Waals surface area contributed by atoms with Gasteiger partial charge in [-0.15, -0.1) is 0 Å². The Labute approximate surface area is 213 Å². The molecule has 0 saturated carbocycles. The molecule has 2 amide bonds. The van der Waals surface area contributed by atoms with Crippen LogP contribution in [0.4, 0.5) is 10.1 Å². The number of amides is 2. The van der Waals surface area contributed by atoms with E-state index >= 15 is 0 Å². The van der Waals surface area contributed by atoms with Crippen molar-refractivity contribution in [2.24, 2.45) is 5.92 Å². The number of nitrogens with one attached hydrogen (secondary N) is 1. The number of fused-ring (bicyclic) bond motifs is 2. The first kappa shape index (κ1) is 22.8. The molecule has 4 aromatic rings. The van der Waals surface area contributed by atoms with E-state index < -0.39 is 22.9 Å². The monoisotopic (exact) mass is 518 g/mol. The quantitative estimate of drug-likeness (QED) is 0.378. The van der Waals surface area contributed by atoms with Crippen LogP contribution in [0.1, 0.15) is 21.9 Å². The lowest BCUT2D eigenvalue weighted by Gasteiger charge is -2.29. The van der Waals surface area contributed by atoms with Gasteiger partial charge in [-0.05, 0) is 47.5 Å². The van der Waals surface area contributed by atoms with E-state index in [4.69, 9.17) is 4.74 Å². The Hall–Kier alpha value is -3.69. The number of benzene rings is 3. The van der Waals surface area contributed by atoms with Gasteiger partial charge in [0.25, 0.3) is 0 Å². The largest absolute Gasteiger partial charge is 0.489 e. The third-order valence-electron chi connectivity index (χ3n) is 6.40. The van der Waals surface area contributed by atoms with E-state index in [9.17, 15) is 18.8 Å². The van der Waals surface area contributed by atoms with E-state index in [1.54, 1.807) is 0 Å². The lowest BCUT2D eigenvalue weighted by Crippen LogP contribution is -2.32. The van der Waals surface area contributed by atoms with Gasteiger partial charge in [-0.3, -0.25) is 14.4 Å². The number of imide groups is 1. The molecule has 2 aliphatic heterocycles. The highest BCUT2D eigenvalue weighted by Gasteiger charge is 2.56. The normalized spacial score (nSPS) is 20.8. The summed E-state index contributed by atoms with van der Waals surface area (Å²) < 4.78 is 19.4. The number of ether oxygens (including phenoxy) is 1. The zero-order valence-corrected chi connectivity index (χ0v) is 20.4. The number of hydrogen-bond acceptors (Lipinski definition) is 6. The van der Waals surface area contributed by atoms with Crippen LogP contribution < -0.4 is 14.5 Å². The van der Waals surface area contributed by atoms with Crippen molar-refractivity contribution in [2.45, 2.75) is 22.8 Å². The van der Waals surface area contributed by atoms with Gasteiger partial charge >= 0.3 is 4.87 Å². The lowest BCUT2D eigenvalue weighted by molar-refractivity contribution is -0.122. The summed E-state index contributed by atoms with van der Waals surface area (Å²) in [5.41, 5.74) is 2.20. The van der Waals surface area contributed by atoms with Gasteiger partial charge < -0.3 is 9.72 Å². The van der Waals surface area contributed by atoms with Crippen LogP contribution in [0.3, 0.4) is 0 Å². The Morgan fingerprint density at radius 1 is 0.889 bits per heavy atom. The van der Waals surface area contributed by atoms with Crippen molar-refractivity contribution in [3.8, 4) is 5.75 Å². The third-order valence-corrected chi connectivity index (χ3v) is 8.80. The summed E-state index contributed by atoms with van der Waals surface area (Å²) >= 11 is 2.27. The van der Waals surface area contributed by atoms with Crippen molar-refractivity contribution in [3.05, 3.63) is 110 Å². The van der Waals surface area contributed by atoms with Gasteiger partial charge in [0, 0.05) is 10.8 Å². The number of carbonyl (C=O) groups is 2. The van der Waals surface area contributed by atoms with E-state index in [-0.39, 0.29) is 16.7 Å². The Kier molecular flexibility index (Phi) is 5.73. The molecule has 0 aliphatic carbocycles. The molecule has 0 spiro atoms. The number of anilines is 1. The number of aromatic nitrogens is 1. The summed E-state index contributed by atoms with van der Waals surface area (Å²) in [6, 6.07) is 22.6. The summed E-state index contributed by atoms with van der Waals surface area (Å²) in [6.07, 6.45) is 0. The number of thiazole rings is 1. The number of nitrogens with zero attached hydrogens (tertiary/aromatic N) is 1. The second-order valence-corrected chi connectivity index (χ2v) is 10.7. The number of aromatic amines is 1. The molecule has 2 aliphatic rings. The second-order valence-electron chi connectivity index (χ2n) is 8.58. The fraction of sp³-hybridized carbons (Fsp3) is 0.148. The molecule has 3 heterocycles. The number of hydrogen-bond donors (Lipinski definition) is 1. The number of carbonyl (C=O) groups excluding carboxylic acids is 2. The van der Waals surface area contributed by atoms with Crippen molar-refractivity contribution in [3.63, 3.8) is 0 Å². The van der Waals surface area contributed by atoms with Crippen LogP contribution in [-0.2, 0) is 16.2 Å². The highest BCUT2D eigenvalue weighted by atomic mass is 32.2. The minimum Gasteiger partial charge on any atom is -0.489 e. The molecule has 1 saturated heterocycles. The fourth-order valence-electron chi connectivity index (χ4n) is 4.73. The van der Waals surface area contributed by atoms with E-state index in [2.05, 4.69) is 4.98 Å². The summed E-state index contributed by atoms with van der Waals surface area (Å²) in [5, 5.41) is -0.0814. The Bertz CT molecular complexity index is 1500. The van der Waals surface area contributed by atoms with E-state index in [1.165, 1.54) is 36.0 Å². The van der Waals surface area contributed by atoms with Crippen LogP contribution >= 0.6 is 23.1 Å². The molecule has 180 valence electrons. The van der Waals surface area contributed by atoms with E-state index in [0.717, 1.165) is 32.2 Å². The zero-order valence-electron chi connectivity index (χ0n) is 18.7. The highest BCUT2D eigenvalue weighted by Crippen LogP contribution is 2.53. The standard InChI is InChI=1S/C27H19FN2O4S2/c28-17-8-10-18(11-9-17)30-25(31)21-20(22-24(29-27(33)36-22)35-23(21)26(30)32)16-6-12-19(13-7-16)34-14-15-4-2-1-3-5-15/h1-13,20-21,23H,14H2,(H,29,33). The molecular formula is C27H19FN2O4S2. The molecular weight excluding hydrogens is 499 g/mol. The van der Waals surface area contributed by atoms with Gasteiger partial charge in [-0.25, -0.2) is 9.29 Å². The topological polar surface area (TPSA) is 79.5 Å². The summed E-state index contributed by atoms with van der Waals surface area (Å²) in [4.78, 5) is 43.7. The molecule has 1 fully saturated rings. The molecule has 3 unspecified atom stereocenters. The van der Waals surface area contributed by atoms with Crippen molar-refractivity contribution in [2.75, 3.05) is 4.90 Å². The van der Waals surface area contributed by atoms with Gasteiger partial charge in [0.1, 0.15) is 23.4 Å². The molecule has 6 rings (SSSR count). The van der Waals surface area contributed by atoms with Gasteiger partial charge in [0.15, 0.2) is 0 Å². The minimum absolute atomic E-state index is 0.226. The van der Waals surface area contributed by atoms with Crippen molar-refractivity contribution < 1.29 is 18.7 Å². The lowest BCUT2D eigenvalue weighted by atomic mass is 9.83. The average Bonchev–Trinajstić information content (AvgIpc) is 3.39. The predicted molar refractivity (Wildman–Crippen MR) is 136 cm³/mol. The molecule has 0 bridgehead atoms. The van der Waals surface area contributed by atoms with Crippen LogP contribution in [0, 0.1) is 11.7 Å². The smallest absolute Gasteiger partial charge is 0.305 e. The van der Waals surface area contributed by atoms with Crippen LogP contribution in [0.15, 0.2) is 88.7 Å². The molecule has 1 N–H and O–H groups in total. The Morgan fingerprint density at radius 3 is 2.33 bits per heavy atom. The Morgan fingerprint density at radius 2 is 1.61 bits per heavy atom. The molecule has 1 aromatic heterocycles.